The van der Waals surface area contributed by atoms with Crippen molar-refractivity contribution in [3.63, 3.8) is 0 Å². The van der Waals surface area contributed by atoms with E-state index in [1.165, 1.54) is 6.07 Å². The summed E-state index contributed by atoms with van der Waals surface area (Å²) in [4.78, 5) is 4.49. The van der Waals surface area contributed by atoms with Gasteiger partial charge in [0, 0.05) is 18.1 Å². The minimum atomic E-state index is -4.54. The Morgan fingerprint density at radius 1 is 1.10 bits per heavy atom. The summed E-state index contributed by atoms with van der Waals surface area (Å²) in [5.41, 5.74) is 0.240. The van der Waals surface area contributed by atoms with Crippen molar-refractivity contribution >= 4 is 22.7 Å². The van der Waals surface area contributed by atoms with Crippen LogP contribution in [0, 0.1) is 0 Å². The van der Waals surface area contributed by atoms with Crippen molar-refractivity contribution in [3.05, 3.63) is 52.4 Å². The van der Waals surface area contributed by atoms with Gasteiger partial charge in [-0.25, -0.2) is 4.98 Å². The minimum absolute atomic E-state index is 0.00428. The lowest BCUT2D eigenvalue weighted by Crippen LogP contribution is -2.30. The van der Waals surface area contributed by atoms with E-state index in [4.69, 9.17) is 20.8 Å². The number of ether oxygens (including phenoxy) is 1. The molecule has 1 aliphatic carbocycles. The van der Waals surface area contributed by atoms with Crippen molar-refractivity contribution in [3.8, 4) is 11.1 Å². The molecule has 0 bridgehead atoms. The maximum Gasteiger partial charge on any atom is 0.417 e. The lowest BCUT2D eigenvalue weighted by atomic mass is 9.74. The van der Waals surface area contributed by atoms with Crippen LogP contribution in [0.4, 0.5) is 13.2 Å². The number of fused-ring (bicyclic) bond motifs is 1. The Bertz CT molecular complexity index is 1090. The molecular weight excluding hydrogens is 415 g/mol. The summed E-state index contributed by atoms with van der Waals surface area (Å²) in [5, 5.41) is 0.199. The fraction of sp³-hybridized carbons (Fsp3) is 0.435. The summed E-state index contributed by atoms with van der Waals surface area (Å²) in [6.45, 7) is 5.80. The third-order valence-electron chi connectivity index (χ3n) is 5.67. The van der Waals surface area contributed by atoms with E-state index in [0.29, 0.717) is 24.2 Å². The molecule has 2 aromatic carbocycles. The molecule has 0 amide bonds. The van der Waals surface area contributed by atoms with Gasteiger partial charge < -0.3 is 9.15 Å². The van der Waals surface area contributed by atoms with Gasteiger partial charge in [0.2, 0.25) is 5.89 Å². The molecule has 0 N–H and O–H groups in total. The third-order valence-corrected chi connectivity index (χ3v) is 5.98. The molecule has 0 radical (unpaired) electrons. The molecule has 7 heteroatoms. The smallest absolute Gasteiger partial charge is 0.417 e. The second-order valence-electron chi connectivity index (χ2n) is 8.83. The number of alkyl halides is 3. The van der Waals surface area contributed by atoms with Gasteiger partial charge in [-0.05, 0) is 42.0 Å². The van der Waals surface area contributed by atoms with Gasteiger partial charge in [0.15, 0.2) is 5.58 Å². The Labute approximate surface area is 178 Å². The molecule has 1 fully saturated rings. The Kier molecular flexibility index (Phi) is 5.14. The number of halogens is 4. The highest BCUT2D eigenvalue weighted by Crippen LogP contribution is 2.49. The second kappa shape index (κ2) is 7.27. The molecule has 160 valence electrons. The first-order valence-corrected chi connectivity index (χ1v) is 10.2. The molecular formula is C23H23ClF3NO2. The monoisotopic (exact) mass is 437 g/mol. The second-order valence-corrected chi connectivity index (χ2v) is 9.24. The first-order chi connectivity index (χ1) is 14.0. The van der Waals surface area contributed by atoms with Crippen LogP contribution in [-0.4, -0.2) is 18.2 Å². The molecule has 1 heterocycles. The van der Waals surface area contributed by atoms with Gasteiger partial charge in [-0.3, -0.25) is 0 Å². The van der Waals surface area contributed by atoms with Gasteiger partial charge >= 0.3 is 6.18 Å². The summed E-state index contributed by atoms with van der Waals surface area (Å²) >= 11 is 6.43. The zero-order valence-corrected chi connectivity index (χ0v) is 18.0. The Morgan fingerprint density at radius 2 is 1.80 bits per heavy atom. The number of oxazole rings is 1. The topological polar surface area (TPSA) is 35.3 Å². The van der Waals surface area contributed by atoms with Crippen molar-refractivity contribution in [2.45, 2.75) is 57.2 Å². The first-order valence-electron chi connectivity index (χ1n) is 9.83. The highest BCUT2D eigenvalue weighted by atomic mass is 35.5. The van der Waals surface area contributed by atoms with Gasteiger partial charge in [-0.15, -0.1) is 0 Å². The van der Waals surface area contributed by atoms with Crippen molar-refractivity contribution in [1.82, 2.24) is 4.98 Å². The summed E-state index contributed by atoms with van der Waals surface area (Å²) in [7, 11) is 1.58. The van der Waals surface area contributed by atoms with Crippen molar-refractivity contribution < 1.29 is 22.3 Å². The van der Waals surface area contributed by atoms with E-state index in [0.717, 1.165) is 0 Å². The van der Waals surface area contributed by atoms with Gasteiger partial charge in [0.1, 0.15) is 5.52 Å². The predicted molar refractivity (Wildman–Crippen MR) is 111 cm³/mol. The number of nitrogens with zero attached hydrogens (tertiary/aromatic N) is 1. The standard InChI is InChI=1S/C23H23ClF3NO2/c1-22(2,3)21-28-17-9-8-16(24)18(20(17)30-21)15-7-5-6-14(19(15)23(25,26)27)12-10-13(11-12)29-4/h5-9,12-13H,10-11H2,1-4H3. The summed E-state index contributed by atoms with van der Waals surface area (Å²) in [5.74, 6) is 0.247. The number of rotatable bonds is 3. The molecule has 4 rings (SSSR count). The van der Waals surface area contributed by atoms with Crippen molar-refractivity contribution in [2.75, 3.05) is 7.11 Å². The number of hydrogen-bond acceptors (Lipinski definition) is 3. The van der Waals surface area contributed by atoms with Gasteiger partial charge in [0.05, 0.1) is 16.7 Å². The lowest BCUT2D eigenvalue weighted by molar-refractivity contribution is -0.138. The maximum atomic E-state index is 14.3. The largest absolute Gasteiger partial charge is 0.439 e. The highest BCUT2D eigenvalue weighted by molar-refractivity contribution is 6.34. The third kappa shape index (κ3) is 3.60. The van der Waals surface area contributed by atoms with E-state index < -0.39 is 17.2 Å². The summed E-state index contributed by atoms with van der Waals surface area (Å²) < 4.78 is 54.1. The fourth-order valence-corrected chi connectivity index (χ4v) is 4.24. The molecule has 0 saturated heterocycles. The van der Waals surface area contributed by atoms with Crippen LogP contribution in [0.2, 0.25) is 5.02 Å². The summed E-state index contributed by atoms with van der Waals surface area (Å²) in [6.07, 6.45) is -3.41. The highest BCUT2D eigenvalue weighted by Gasteiger charge is 2.42. The molecule has 30 heavy (non-hydrogen) atoms. The summed E-state index contributed by atoms with van der Waals surface area (Å²) in [6, 6.07) is 7.91. The molecule has 3 nitrogen and oxygen atoms in total. The van der Waals surface area contributed by atoms with Crippen LogP contribution in [-0.2, 0) is 16.3 Å². The van der Waals surface area contributed by atoms with E-state index in [2.05, 4.69) is 4.98 Å². The quantitative estimate of drug-likeness (QED) is 0.429. The molecule has 0 unspecified atom stereocenters. The SMILES string of the molecule is COC1CC(c2cccc(-c3c(Cl)ccc4nc(C(C)(C)C)oc34)c2C(F)(F)F)C1. The van der Waals surface area contributed by atoms with E-state index in [1.807, 2.05) is 20.8 Å². The predicted octanol–water partition coefficient (Wildman–Crippen LogP) is 7.36. The average Bonchev–Trinajstić information content (AvgIpc) is 3.04. The average molecular weight is 438 g/mol. The Morgan fingerprint density at radius 3 is 2.40 bits per heavy atom. The maximum absolute atomic E-state index is 14.3. The Hall–Kier alpha value is -2.05. The van der Waals surface area contributed by atoms with E-state index >= 15 is 0 Å². The fourth-order valence-electron chi connectivity index (χ4n) is 3.99. The molecule has 0 spiro atoms. The van der Waals surface area contributed by atoms with Gasteiger partial charge in [-0.2, -0.15) is 13.2 Å². The number of hydrogen-bond donors (Lipinski definition) is 0. The minimum Gasteiger partial charge on any atom is -0.439 e. The Balaban J connectivity index is 1.96. The molecule has 0 aliphatic heterocycles. The van der Waals surface area contributed by atoms with Gasteiger partial charge in [0.25, 0.3) is 0 Å². The lowest BCUT2D eigenvalue weighted by Gasteiger charge is -2.36. The molecule has 3 aromatic rings. The zero-order chi connectivity index (χ0) is 21.8. The van der Waals surface area contributed by atoms with Crippen LogP contribution in [0.3, 0.4) is 0 Å². The van der Waals surface area contributed by atoms with Crippen LogP contribution in [0.5, 0.6) is 0 Å². The van der Waals surface area contributed by atoms with E-state index in [-0.39, 0.29) is 39.3 Å². The van der Waals surface area contributed by atoms with Crippen molar-refractivity contribution in [2.24, 2.45) is 0 Å². The van der Waals surface area contributed by atoms with Crippen LogP contribution in [0.25, 0.3) is 22.2 Å². The van der Waals surface area contributed by atoms with Gasteiger partial charge in [-0.1, -0.05) is 50.6 Å². The normalized spacial score (nSPS) is 19.9. The number of benzene rings is 2. The molecule has 1 aliphatic rings. The van der Waals surface area contributed by atoms with E-state index in [1.54, 1.807) is 31.4 Å². The van der Waals surface area contributed by atoms with Crippen LogP contribution >= 0.6 is 11.6 Å². The number of methoxy groups -OCH3 is 1. The van der Waals surface area contributed by atoms with Crippen LogP contribution in [0.1, 0.15) is 56.5 Å². The van der Waals surface area contributed by atoms with Crippen LogP contribution < -0.4 is 0 Å². The van der Waals surface area contributed by atoms with Crippen molar-refractivity contribution in [1.29, 1.82) is 0 Å². The van der Waals surface area contributed by atoms with E-state index in [9.17, 15) is 13.2 Å². The molecule has 1 saturated carbocycles. The van der Waals surface area contributed by atoms with Crippen LogP contribution in [0.15, 0.2) is 34.7 Å². The molecule has 1 aromatic heterocycles. The molecule has 0 atom stereocenters. The number of aromatic nitrogens is 1. The first kappa shape index (κ1) is 21.2. The zero-order valence-electron chi connectivity index (χ0n) is 17.2.